The first-order valence-corrected chi connectivity index (χ1v) is 7.84. The minimum Gasteiger partial charge on any atom is -0.373 e. The number of likely N-dealkylation sites (tertiary alicyclic amines) is 1. The van der Waals surface area contributed by atoms with E-state index in [9.17, 15) is 8.42 Å². The number of pyridine rings is 1. The molecule has 1 saturated heterocycles. The second-order valence-electron chi connectivity index (χ2n) is 4.85. The fraction of sp³-hybridized carbons (Fsp3) is 0.583. The molecule has 1 aromatic heterocycles. The first kappa shape index (κ1) is 14.2. The van der Waals surface area contributed by atoms with Crippen molar-refractivity contribution in [2.75, 3.05) is 32.5 Å². The fourth-order valence-electron chi connectivity index (χ4n) is 2.27. The van der Waals surface area contributed by atoms with Crippen LogP contribution in [0.5, 0.6) is 0 Å². The molecule has 0 radical (unpaired) electrons. The van der Waals surface area contributed by atoms with Crippen molar-refractivity contribution in [2.24, 2.45) is 0 Å². The van der Waals surface area contributed by atoms with E-state index in [1.54, 1.807) is 7.05 Å². The van der Waals surface area contributed by atoms with Gasteiger partial charge in [0, 0.05) is 31.9 Å². The Kier molecular flexibility index (Phi) is 4.38. The SMILES string of the molecule is CNc1cc(S(=O)(=O)NC2CCCN(C)C2)ccn1. The van der Waals surface area contributed by atoms with Crippen molar-refractivity contribution < 1.29 is 8.42 Å². The van der Waals surface area contributed by atoms with Crippen LogP contribution >= 0.6 is 0 Å². The Hall–Kier alpha value is -1.18. The maximum Gasteiger partial charge on any atom is 0.241 e. The van der Waals surface area contributed by atoms with Crippen molar-refractivity contribution in [3.05, 3.63) is 18.3 Å². The smallest absolute Gasteiger partial charge is 0.241 e. The van der Waals surface area contributed by atoms with Gasteiger partial charge in [-0.1, -0.05) is 0 Å². The van der Waals surface area contributed by atoms with Gasteiger partial charge in [-0.15, -0.1) is 0 Å². The molecule has 1 unspecified atom stereocenters. The predicted octanol–water partition coefficient (Wildman–Crippen LogP) is 0.496. The lowest BCUT2D eigenvalue weighted by molar-refractivity contribution is 0.242. The van der Waals surface area contributed by atoms with E-state index in [0.29, 0.717) is 5.82 Å². The van der Waals surface area contributed by atoms with Gasteiger partial charge < -0.3 is 10.2 Å². The highest BCUT2D eigenvalue weighted by Crippen LogP contribution is 2.15. The molecule has 1 fully saturated rings. The van der Waals surface area contributed by atoms with Crippen molar-refractivity contribution in [3.8, 4) is 0 Å². The summed E-state index contributed by atoms with van der Waals surface area (Å²) in [4.78, 5) is 6.41. The lowest BCUT2D eigenvalue weighted by atomic mass is 10.1. The van der Waals surface area contributed by atoms with Gasteiger partial charge in [-0.25, -0.2) is 18.1 Å². The number of sulfonamides is 1. The van der Waals surface area contributed by atoms with E-state index in [1.165, 1.54) is 18.3 Å². The number of anilines is 1. The Morgan fingerprint density at radius 3 is 2.95 bits per heavy atom. The second kappa shape index (κ2) is 5.85. The number of nitrogens with one attached hydrogen (secondary N) is 2. The number of aromatic nitrogens is 1. The van der Waals surface area contributed by atoms with Crippen LogP contribution in [0.2, 0.25) is 0 Å². The Labute approximate surface area is 114 Å². The van der Waals surface area contributed by atoms with E-state index in [0.717, 1.165) is 25.9 Å². The summed E-state index contributed by atoms with van der Waals surface area (Å²) in [6.45, 7) is 1.78. The first-order chi connectivity index (χ1) is 9.01. The molecule has 2 rings (SSSR count). The zero-order valence-corrected chi connectivity index (χ0v) is 12.1. The van der Waals surface area contributed by atoms with Gasteiger partial charge >= 0.3 is 0 Å². The normalized spacial score (nSPS) is 21.3. The number of hydrogen-bond donors (Lipinski definition) is 2. The van der Waals surface area contributed by atoms with Crippen LogP contribution in [0.25, 0.3) is 0 Å². The molecule has 1 aromatic rings. The van der Waals surface area contributed by atoms with Gasteiger partial charge in [0.25, 0.3) is 0 Å². The molecule has 2 N–H and O–H groups in total. The summed E-state index contributed by atoms with van der Waals surface area (Å²) in [5, 5.41) is 2.84. The van der Waals surface area contributed by atoms with Crippen LogP contribution in [-0.4, -0.2) is 51.5 Å². The van der Waals surface area contributed by atoms with Gasteiger partial charge in [-0.3, -0.25) is 0 Å². The summed E-state index contributed by atoms with van der Waals surface area (Å²) in [6.07, 6.45) is 3.39. The third kappa shape index (κ3) is 3.65. The summed E-state index contributed by atoms with van der Waals surface area (Å²) in [7, 11) is 0.244. The van der Waals surface area contributed by atoms with Crippen molar-refractivity contribution in [1.29, 1.82) is 0 Å². The summed E-state index contributed by atoms with van der Waals surface area (Å²) >= 11 is 0. The molecule has 19 heavy (non-hydrogen) atoms. The molecule has 6 nitrogen and oxygen atoms in total. The molecule has 1 aliphatic heterocycles. The van der Waals surface area contributed by atoms with Gasteiger partial charge in [0.1, 0.15) is 5.82 Å². The Morgan fingerprint density at radius 2 is 2.26 bits per heavy atom. The molecule has 0 aromatic carbocycles. The van der Waals surface area contributed by atoms with Crippen LogP contribution in [0.4, 0.5) is 5.82 Å². The van der Waals surface area contributed by atoms with Crippen molar-refractivity contribution >= 4 is 15.8 Å². The number of hydrogen-bond acceptors (Lipinski definition) is 5. The molecule has 1 aliphatic rings. The number of piperidine rings is 1. The first-order valence-electron chi connectivity index (χ1n) is 6.36. The van der Waals surface area contributed by atoms with E-state index in [2.05, 4.69) is 19.9 Å². The Balaban J connectivity index is 2.13. The Bertz CT molecular complexity index is 532. The monoisotopic (exact) mass is 284 g/mol. The molecule has 2 heterocycles. The Morgan fingerprint density at radius 1 is 1.47 bits per heavy atom. The number of nitrogens with zero attached hydrogens (tertiary/aromatic N) is 2. The summed E-state index contributed by atoms with van der Waals surface area (Å²) in [5.74, 6) is 0.545. The summed E-state index contributed by atoms with van der Waals surface area (Å²) in [5.41, 5.74) is 0. The fourth-order valence-corrected chi connectivity index (χ4v) is 3.54. The van der Waals surface area contributed by atoms with Gasteiger partial charge in [0.05, 0.1) is 4.90 Å². The molecular formula is C12H20N4O2S. The number of rotatable bonds is 4. The van der Waals surface area contributed by atoms with Crippen LogP contribution < -0.4 is 10.0 Å². The molecule has 1 atom stereocenters. The van der Waals surface area contributed by atoms with E-state index in [1.807, 2.05) is 7.05 Å². The molecule has 0 spiro atoms. The van der Waals surface area contributed by atoms with Gasteiger partial charge in [-0.05, 0) is 32.5 Å². The zero-order chi connectivity index (χ0) is 13.9. The van der Waals surface area contributed by atoms with Crippen LogP contribution in [0.15, 0.2) is 23.2 Å². The average Bonchev–Trinajstić information content (AvgIpc) is 2.38. The zero-order valence-electron chi connectivity index (χ0n) is 11.3. The second-order valence-corrected chi connectivity index (χ2v) is 6.56. The van der Waals surface area contributed by atoms with Crippen molar-refractivity contribution in [1.82, 2.24) is 14.6 Å². The van der Waals surface area contributed by atoms with E-state index < -0.39 is 10.0 Å². The van der Waals surface area contributed by atoms with E-state index in [4.69, 9.17) is 0 Å². The van der Waals surface area contributed by atoms with Crippen LogP contribution in [0.3, 0.4) is 0 Å². The number of likely N-dealkylation sites (N-methyl/N-ethyl adjacent to an activating group) is 1. The molecule has 0 saturated carbocycles. The van der Waals surface area contributed by atoms with Gasteiger partial charge in [-0.2, -0.15) is 0 Å². The standard InChI is InChI=1S/C12H20N4O2S/c1-13-12-8-11(5-6-14-12)19(17,18)15-10-4-3-7-16(2)9-10/h5-6,8,10,15H,3-4,7,9H2,1-2H3,(H,13,14). The van der Waals surface area contributed by atoms with Crippen molar-refractivity contribution in [2.45, 2.75) is 23.8 Å². The van der Waals surface area contributed by atoms with E-state index >= 15 is 0 Å². The van der Waals surface area contributed by atoms with E-state index in [-0.39, 0.29) is 10.9 Å². The lowest BCUT2D eigenvalue weighted by Crippen LogP contribution is -2.46. The molecule has 0 aliphatic carbocycles. The van der Waals surface area contributed by atoms with Crippen LogP contribution in [-0.2, 0) is 10.0 Å². The lowest BCUT2D eigenvalue weighted by Gasteiger charge is -2.29. The highest BCUT2D eigenvalue weighted by Gasteiger charge is 2.23. The molecule has 0 amide bonds. The third-order valence-electron chi connectivity index (χ3n) is 3.24. The highest BCUT2D eigenvalue weighted by atomic mass is 32.2. The van der Waals surface area contributed by atoms with Gasteiger partial charge in [0.15, 0.2) is 0 Å². The minimum absolute atomic E-state index is 0.0186. The summed E-state index contributed by atoms with van der Waals surface area (Å²) < 4.78 is 27.3. The minimum atomic E-state index is -3.47. The van der Waals surface area contributed by atoms with Gasteiger partial charge in [0.2, 0.25) is 10.0 Å². The van der Waals surface area contributed by atoms with Crippen LogP contribution in [0, 0.1) is 0 Å². The average molecular weight is 284 g/mol. The quantitative estimate of drug-likeness (QED) is 0.842. The maximum atomic E-state index is 12.3. The third-order valence-corrected chi connectivity index (χ3v) is 4.76. The largest absolute Gasteiger partial charge is 0.373 e. The molecule has 0 bridgehead atoms. The predicted molar refractivity (Wildman–Crippen MR) is 74.6 cm³/mol. The maximum absolute atomic E-state index is 12.3. The van der Waals surface area contributed by atoms with Crippen molar-refractivity contribution in [3.63, 3.8) is 0 Å². The highest BCUT2D eigenvalue weighted by molar-refractivity contribution is 7.89. The topological polar surface area (TPSA) is 74.3 Å². The summed E-state index contributed by atoms with van der Waals surface area (Å²) in [6, 6.07) is 3.03. The molecule has 7 heteroatoms. The van der Waals surface area contributed by atoms with Crippen LogP contribution in [0.1, 0.15) is 12.8 Å². The molecular weight excluding hydrogens is 264 g/mol. The molecule has 106 valence electrons.